The second kappa shape index (κ2) is 4.37. The van der Waals surface area contributed by atoms with Gasteiger partial charge in [0.05, 0.1) is 0 Å². The van der Waals surface area contributed by atoms with Crippen LogP contribution in [-0.2, 0) is 4.74 Å². The molecular weight excluding hydrogens is 210 g/mol. The Labute approximate surface area is 94.0 Å². The number of nitrogen functional groups attached to an aromatic ring is 1. The lowest BCUT2D eigenvalue weighted by atomic mass is 9.82. The van der Waals surface area contributed by atoms with E-state index in [0.717, 1.165) is 37.6 Å². The van der Waals surface area contributed by atoms with Gasteiger partial charge in [0.25, 0.3) is 0 Å². The molecule has 0 atom stereocenters. The highest BCUT2D eigenvalue weighted by Crippen LogP contribution is 2.30. The summed E-state index contributed by atoms with van der Waals surface area (Å²) in [6.07, 6.45) is 2.24. The number of nitrogens with one attached hydrogen (secondary N) is 1. The zero-order chi connectivity index (χ0) is 10.7. The second-order valence-electron chi connectivity index (χ2n) is 4.39. The van der Waals surface area contributed by atoms with Crippen molar-refractivity contribution in [2.75, 3.05) is 30.8 Å². The molecule has 1 aliphatic heterocycles. The lowest BCUT2D eigenvalue weighted by Crippen LogP contribution is -2.33. The summed E-state index contributed by atoms with van der Waals surface area (Å²) in [6, 6.07) is 1.88. The molecule has 84 valence electrons. The van der Waals surface area contributed by atoms with Crippen LogP contribution in [0.5, 0.6) is 0 Å². The Bertz CT molecular complexity index is 320. The first kappa shape index (κ1) is 10.7. The van der Waals surface area contributed by atoms with Crippen molar-refractivity contribution < 1.29 is 4.74 Å². The smallest absolute Gasteiger partial charge is 0.139 e. The first-order valence-electron chi connectivity index (χ1n) is 5.22. The van der Waals surface area contributed by atoms with Crippen molar-refractivity contribution in [3.63, 3.8) is 0 Å². The summed E-state index contributed by atoms with van der Waals surface area (Å²) < 4.78 is 9.40. The van der Waals surface area contributed by atoms with Crippen LogP contribution in [0, 0.1) is 5.41 Å². The van der Waals surface area contributed by atoms with Crippen molar-refractivity contribution in [2.24, 2.45) is 5.41 Å². The molecule has 1 aromatic heterocycles. The molecule has 0 amide bonds. The first-order valence-corrected chi connectivity index (χ1v) is 5.99. The Morgan fingerprint density at radius 3 is 2.93 bits per heavy atom. The third kappa shape index (κ3) is 2.82. The van der Waals surface area contributed by atoms with Crippen molar-refractivity contribution in [3.8, 4) is 0 Å². The molecule has 1 aromatic rings. The summed E-state index contributed by atoms with van der Waals surface area (Å²) in [7, 11) is 0. The minimum atomic E-state index is 0.344. The highest BCUT2D eigenvalue weighted by Gasteiger charge is 2.27. The molecule has 2 heterocycles. The van der Waals surface area contributed by atoms with E-state index in [1.807, 2.05) is 6.07 Å². The third-order valence-corrected chi connectivity index (χ3v) is 3.68. The summed E-state index contributed by atoms with van der Waals surface area (Å²) in [5.74, 6) is 0.597. The van der Waals surface area contributed by atoms with Crippen molar-refractivity contribution >= 4 is 22.4 Å². The average Bonchev–Trinajstić information content (AvgIpc) is 2.63. The Hall–Kier alpha value is -0.810. The fourth-order valence-corrected chi connectivity index (χ4v) is 2.28. The van der Waals surface area contributed by atoms with Crippen molar-refractivity contribution in [1.82, 2.24) is 4.37 Å². The SMILES string of the molecule is CC1(CNc2cc(N)ns2)CCOCC1. The summed E-state index contributed by atoms with van der Waals surface area (Å²) in [6.45, 7) is 5.02. The van der Waals surface area contributed by atoms with E-state index < -0.39 is 0 Å². The Morgan fingerprint density at radius 1 is 1.60 bits per heavy atom. The lowest BCUT2D eigenvalue weighted by Gasteiger charge is -2.33. The van der Waals surface area contributed by atoms with E-state index in [1.54, 1.807) is 0 Å². The van der Waals surface area contributed by atoms with Gasteiger partial charge in [-0.15, -0.1) is 0 Å². The van der Waals surface area contributed by atoms with Crippen LogP contribution >= 0.6 is 11.5 Å². The molecule has 1 saturated heterocycles. The molecule has 4 nitrogen and oxygen atoms in total. The molecule has 0 bridgehead atoms. The van der Waals surface area contributed by atoms with E-state index in [2.05, 4.69) is 16.6 Å². The Balaban J connectivity index is 1.86. The number of rotatable bonds is 3. The van der Waals surface area contributed by atoms with E-state index >= 15 is 0 Å². The average molecular weight is 227 g/mol. The van der Waals surface area contributed by atoms with E-state index in [-0.39, 0.29) is 0 Å². The molecule has 0 unspecified atom stereocenters. The van der Waals surface area contributed by atoms with E-state index in [9.17, 15) is 0 Å². The summed E-state index contributed by atoms with van der Waals surface area (Å²) in [5.41, 5.74) is 5.90. The molecule has 3 N–H and O–H groups in total. The van der Waals surface area contributed by atoms with Gasteiger partial charge in [-0.2, -0.15) is 4.37 Å². The van der Waals surface area contributed by atoms with Gasteiger partial charge in [0.15, 0.2) is 0 Å². The topological polar surface area (TPSA) is 60.2 Å². The number of anilines is 2. The van der Waals surface area contributed by atoms with Gasteiger partial charge in [-0.3, -0.25) is 0 Å². The van der Waals surface area contributed by atoms with E-state index in [1.165, 1.54) is 11.5 Å². The van der Waals surface area contributed by atoms with Crippen molar-refractivity contribution in [2.45, 2.75) is 19.8 Å². The van der Waals surface area contributed by atoms with Gasteiger partial charge in [-0.25, -0.2) is 0 Å². The number of nitrogens with two attached hydrogens (primary N) is 1. The van der Waals surface area contributed by atoms with Crippen LogP contribution in [0.15, 0.2) is 6.07 Å². The monoisotopic (exact) mass is 227 g/mol. The molecule has 0 spiro atoms. The first-order chi connectivity index (χ1) is 7.18. The van der Waals surface area contributed by atoms with Gasteiger partial charge in [-0.05, 0) is 29.8 Å². The Morgan fingerprint density at radius 2 is 2.33 bits per heavy atom. The summed E-state index contributed by atoms with van der Waals surface area (Å²) in [4.78, 5) is 0. The predicted molar refractivity (Wildman–Crippen MR) is 63.2 cm³/mol. The number of aromatic nitrogens is 1. The molecular formula is C10H17N3OS. The minimum Gasteiger partial charge on any atom is -0.383 e. The standard InChI is InChI=1S/C10H17N3OS/c1-10(2-4-14-5-3-10)7-12-9-6-8(11)13-15-9/h6,12H,2-5,7H2,1H3,(H2,11,13). The maximum Gasteiger partial charge on any atom is 0.139 e. The lowest BCUT2D eigenvalue weighted by molar-refractivity contribution is 0.0300. The van der Waals surface area contributed by atoms with Crippen molar-refractivity contribution in [3.05, 3.63) is 6.07 Å². The van der Waals surface area contributed by atoms with E-state index in [0.29, 0.717) is 11.2 Å². The second-order valence-corrected chi connectivity index (χ2v) is 5.20. The van der Waals surface area contributed by atoms with E-state index in [4.69, 9.17) is 10.5 Å². The fraction of sp³-hybridized carbons (Fsp3) is 0.700. The zero-order valence-corrected chi connectivity index (χ0v) is 9.77. The fourth-order valence-electron chi connectivity index (χ4n) is 1.71. The number of hydrogen-bond donors (Lipinski definition) is 2. The van der Waals surface area contributed by atoms with Crippen LogP contribution < -0.4 is 11.1 Å². The zero-order valence-electron chi connectivity index (χ0n) is 8.95. The molecule has 1 aliphatic rings. The van der Waals surface area contributed by atoms with Crippen LogP contribution in [0.4, 0.5) is 10.8 Å². The highest BCUT2D eigenvalue weighted by atomic mass is 32.1. The quantitative estimate of drug-likeness (QED) is 0.828. The maximum absolute atomic E-state index is 5.56. The normalized spacial score (nSPS) is 20.1. The van der Waals surface area contributed by atoms with Crippen LogP contribution in [0.3, 0.4) is 0 Å². The van der Waals surface area contributed by atoms with Gasteiger partial charge in [0.1, 0.15) is 10.8 Å². The minimum absolute atomic E-state index is 0.344. The van der Waals surface area contributed by atoms with Crippen LogP contribution in [0.1, 0.15) is 19.8 Å². The number of nitrogens with zero attached hydrogens (tertiary/aromatic N) is 1. The van der Waals surface area contributed by atoms with Gasteiger partial charge in [0, 0.05) is 25.8 Å². The van der Waals surface area contributed by atoms with Gasteiger partial charge < -0.3 is 15.8 Å². The highest BCUT2D eigenvalue weighted by molar-refractivity contribution is 7.10. The van der Waals surface area contributed by atoms with Gasteiger partial charge in [-0.1, -0.05) is 6.92 Å². The number of hydrogen-bond acceptors (Lipinski definition) is 5. The van der Waals surface area contributed by atoms with Crippen LogP contribution in [0.25, 0.3) is 0 Å². The molecule has 0 saturated carbocycles. The molecule has 15 heavy (non-hydrogen) atoms. The summed E-state index contributed by atoms with van der Waals surface area (Å²) in [5, 5.41) is 4.45. The third-order valence-electron chi connectivity index (χ3n) is 2.92. The Kier molecular flexibility index (Phi) is 3.11. The maximum atomic E-state index is 5.56. The predicted octanol–water partition coefficient (Wildman–Crippen LogP) is 1.95. The molecule has 0 aromatic carbocycles. The van der Waals surface area contributed by atoms with Crippen molar-refractivity contribution in [1.29, 1.82) is 0 Å². The molecule has 5 heteroatoms. The van der Waals surface area contributed by atoms with Crippen LogP contribution in [-0.4, -0.2) is 24.1 Å². The van der Waals surface area contributed by atoms with Crippen LogP contribution in [0.2, 0.25) is 0 Å². The largest absolute Gasteiger partial charge is 0.383 e. The molecule has 1 fully saturated rings. The molecule has 2 rings (SSSR count). The summed E-state index contributed by atoms with van der Waals surface area (Å²) >= 11 is 1.42. The molecule has 0 radical (unpaired) electrons. The van der Waals surface area contributed by atoms with Gasteiger partial charge in [0.2, 0.25) is 0 Å². The number of ether oxygens (including phenoxy) is 1. The van der Waals surface area contributed by atoms with Gasteiger partial charge >= 0.3 is 0 Å². The molecule has 0 aliphatic carbocycles.